The minimum Gasteiger partial charge on any atom is -0.463 e. The zero-order chi connectivity index (χ0) is 30.9. The number of ether oxygens (including phenoxy) is 2. The van der Waals surface area contributed by atoms with Crippen LogP contribution in [0.25, 0.3) is 0 Å². The van der Waals surface area contributed by atoms with Crippen LogP contribution in [0.4, 0.5) is 0 Å². The topological polar surface area (TPSA) is 72.8 Å². The summed E-state index contributed by atoms with van der Waals surface area (Å²) in [5.74, 6) is 0.253. The van der Waals surface area contributed by atoms with Crippen LogP contribution in [-0.4, -0.2) is 36.4 Å². The van der Waals surface area contributed by atoms with Crippen LogP contribution in [0.3, 0.4) is 0 Å². The first-order valence-corrected chi connectivity index (χ1v) is 18.4. The van der Waals surface area contributed by atoms with Crippen LogP contribution in [-0.2, 0) is 19.1 Å². The predicted molar refractivity (Wildman–Crippen MR) is 178 cm³/mol. The van der Waals surface area contributed by atoms with Gasteiger partial charge in [-0.15, -0.1) is 0 Å². The lowest BCUT2D eigenvalue weighted by Crippen LogP contribution is -2.25. The van der Waals surface area contributed by atoms with Crippen molar-refractivity contribution in [2.75, 3.05) is 13.2 Å². The van der Waals surface area contributed by atoms with Crippen LogP contribution in [0.1, 0.15) is 201 Å². The average molecular weight is 597 g/mol. The van der Waals surface area contributed by atoms with Gasteiger partial charge in [0.2, 0.25) is 0 Å². The zero-order valence-electron chi connectivity index (χ0n) is 28.4. The standard InChI is InChI=1S/C37H72O5/c1-4-5-6-7-8-9-10-11-12-13-14-15-16-17-21-24-27-30-36(39)41-32-35(38)33-42-37(40)31-28-25-22-19-18-20-23-26-29-34(2)3/h34-35,38H,4-33H2,1-3H3/t35-/m0/s1. The van der Waals surface area contributed by atoms with E-state index in [9.17, 15) is 14.7 Å². The largest absolute Gasteiger partial charge is 0.463 e. The first-order valence-electron chi connectivity index (χ1n) is 18.4. The second kappa shape index (κ2) is 32.8. The van der Waals surface area contributed by atoms with E-state index in [1.165, 1.54) is 135 Å². The van der Waals surface area contributed by atoms with Gasteiger partial charge in [-0.3, -0.25) is 9.59 Å². The van der Waals surface area contributed by atoms with Gasteiger partial charge in [0.1, 0.15) is 19.3 Å². The van der Waals surface area contributed by atoms with Crippen LogP contribution < -0.4 is 0 Å². The number of hydrogen-bond acceptors (Lipinski definition) is 5. The number of aliphatic hydroxyl groups is 1. The summed E-state index contributed by atoms with van der Waals surface area (Å²) in [6.45, 7) is 6.62. The van der Waals surface area contributed by atoms with Crippen LogP contribution in [0.5, 0.6) is 0 Å². The highest BCUT2D eigenvalue weighted by Crippen LogP contribution is 2.15. The lowest BCUT2D eigenvalue weighted by molar-refractivity contribution is -0.152. The summed E-state index contributed by atoms with van der Waals surface area (Å²) < 4.78 is 10.3. The number of rotatable bonds is 33. The Morgan fingerprint density at radius 2 is 0.762 bits per heavy atom. The van der Waals surface area contributed by atoms with Crippen LogP contribution >= 0.6 is 0 Å². The lowest BCUT2D eigenvalue weighted by atomic mass is 10.0. The molecule has 0 saturated heterocycles. The second-order valence-corrected chi connectivity index (χ2v) is 13.2. The molecule has 0 aromatic carbocycles. The van der Waals surface area contributed by atoms with E-state index in [0.29, 0.717) is 12.8 Å². The molecule has 0 aromatic heterocycles. The Labute approximate surface area is 261 Å². The summed E-state index contributed by atoms with van der Waals surface area (Å²) in [7, 11) is 0. The molecule has 0 heterocycles. The molecule has 0 radical (unpaired) electrons. The maximum atomic E-state index is 11.9. The van der Waals surface area contributed by atoms with Crippen molar-refractivity contribution in [2.24, 2.45) is 5.92 Å². The van der Waals surface area contributed by atoms with Crippen LogP contribution in [0.15, 0.2) is 0 Å². The van der Waals surface area contributed by atoms with Crippen molar-refractivity contribution in [3.8, 4) is 0 Å². The van der Waals surface area contributed by atoms with Gasteiger partial charge in [0.15, 0.2) is 0 Å². The van der Waals surface area contributed by atoms with Gasteiger partial charge in [0.05, 0.1) is 0 Å². The summed E-state index contributed by atoms with van der Waals surface area (Å²) in [5.41, 5.74) is 0. The predicted octanol–water partition coefficient (Wildman–Crippen LogP) is 11.0. The molecule has 0 aliphatic heterocycles. The first kappa shape index (κ1) is 40.9. The Morgan fingerprint density at radius 3 is 1.07 bits per heavy atom. The zero-order valence-corrected chi connectivity index (χ0v) is 28.4. The number of hydrogen-bond donors (Lipinski definition) is 1. The third-order valence-electron chi connectivity index (χ3n) is 8.27. The summed E-state index contributed by atoms with van der Waals surface area (Å²) >= 11 is 0. The molecule has 1 atom stereocenters. The highest BCUT2D eigenvalue weighted by atomic mass is 16.6. The Balaban J connectivity index is 3.38. The minimum absolute atomic E-state index is 0.109. The quantitative estimate of drug-likeness (QED) is 0.0602. The van der Waals surface area contributed by atoms with Crippen LogP contribution in [0, 0.1) is 5.92 Å². The summed E-state index contributed by atoms with van der Waals surface area (Å²) in [4.78, 5) is 23.8. The molecular formula is C37H72O5. The second-order valence-electron chi connectivity index (χ2n) is 13.2. The Kier molecular flexibility index (Phi) is 31.9. The molecule has 42 heavy (non-hydrogen) atoms. The molecule has 0 rings (SSSR count). The van der Waals surface area contributed by atoms with Gasteiger partial charge in [-0.25, -0.2) is 0 Å². The van der Waals surface area contributed by atoms with E-state index in [-0.39, 0.29) is 25.2 Å². The van der Waals surface area contributed by atoms with E-state index in [1.807, 2.05) is 0 Å². The maximum Gasteiger partial charge on any atom is 0.305 e. The van der Waals surface area contributed by atoms with Gasteiger partial charge in [-0.05, 0) is 18.8 Å². The Morgan fingerprint density at radius 1 is 0.476 bits per heavy atom. The Bertz CT molecular complexity index is 577. The molecule has 0 fully saturated rings. The van der Waals surface area contributed by atoms with E-state index in [4.69, 9.17) is 9.47 Å². The number of esters is 2. The molecule has 0 aliphatic rings. The van der Waals surface area contributed by atoms with Crippen molar-refractivity contribution in [1.29, 1.82) is 0 Å². The normalized spacial score (nSPS) is 12.1. The van der Waals surface area contributed by atoms with Crippen molar-refractivity contribution in [3.63, 3.8) is 0 Å². The first-order chi connectivity index (χ1) is 20.5. The molecule has 5 heteroatoms. The summed E-state index contributed by atoms with van der Waals surface area (Å²) in [5, 5.41) is 9.97. The fourth-order valence-electron chi connectivity index (χ4n) is 5.45. The van der Waals surface area contributed by atoms with Gasteiger partial charge in [-0.2, -0.15) is 0 Å². The summed E-state index contributed by atoms with van der Waals surface area (Å²) in [6.07, 6.45) is 33.0. The lowest BCUT2D eigenvalue weighted by Gasteiger charge is -2.12. The molecule has 0 amide bonds. The van der Waals surface area contributed by atoms with E-state index in [2.05, 4.69) is 20.8 Å². The van der Waals surface area contributed by atoms with Gasteiger partial charge < -0.3 is 14.6 Å². The molecule has 0 unspecified atom stereocenters. The van der Waals surface area contributed by atoms with E-state index in [1.54, 1.807) is 0 Å². The van der Waals surface area contributed by atoms with Gasteiger partial charge in [0, 0.05) is 12.8 Å². The van der Waals surface area contributed by atoms with Gasteiger partial charge in [0.25, 0.3) is 0 Å². The molecule has 5 nitrogen and oxygen atoms in total. The van der Waals surface area contributed by atoms with E-state index >= 15 is 0 Å². The highest BCUT2D eigenvalue weighted by molar-refractivity contribution is 5.69. The van der Waals surface area contributed by atoms with Crippen molar-refractivity contribution >= 4 is 11.9 Å². The molecule has 0 saturated carbocycles. The number of unbranched alkanes of at least 4 members (excludes halogenated alkanes) is 23. The highest BCUT2D eigenvalue weighted by Gasteiger charge is 2.12. The number of carbonyl (C=O) groups excluding carboxylic acids is 2. The molecule has 0 bridgehead atoms. The van der Waals surface area contributed by atoms with Crippen molar-refractivity contribution < 1.29 is 24.2 Å². The third kappa shape index (κ3) is 33.4. The monoisotopic (exact) mass is 597 g/mol. The number of carbonyl (C=O) groups is 2. The van der Waals surface area contributed by atoms with Crippen molar-refractivity contribution in [3.05, 3.63) is 0 Å². The maximum absolute atomic E-state index is 11.9. The Hall–Kier alpha value is -1.10. The third-order valence-corrected chi connectivity index (χ3v) is 8.27. The fraction of sp³-hybridized carbons (Fsp3) is 0.946. The molecule has 1 N–H and O–H groups in total. The summed E-state index contributed by atoms with van der Waals surface area (Å²) in [6, 6.07) is 0. The van der Waals surface area contributed by atoms with Crippen LogP contribution in [0.2, 0.25) is 0 Å². The molecule has 0 aliphatic carbocycles. The van der Waals surface area contributed by atoms with Crippen molar-refractivity contribution in [1.82, 2.24) is 0 Å². The molecular weight excluding hydrogens is 524 g/mol. The fourth-order valence-corrected chi connectivity index (χ4v) is 5.45. The molecule has 0 aromatic rings. The smallest absolute Gasteiger partial charge is 0.305 e. The van der Waals surface area contributed by atoms with Gasteiger partial charge in [-0.1, -0.05) is 175 Å². The average Bonchev–Trinajstić information content (AvgIpc) is 2.97. The number of aliphatic hydroxyl groups excluding tert-OH is 1. The van der Waals surface area contributed by atoms with E-state index in [0.717, 1.165) is 38.0 Å². The SMILES string of the molecule is CCCCCCCCCCCCCCCCCCCC(=O)OC[C@H](O)COC(=O)CCCCCCCCCCC(C)C. The van der Waals surface area contributed by atoms with Gasteiger partial charge >= 0.3 is 11.9 Å². The van der Waals surface area contributed by atoms with Crippen molar-refractivity contribution in [2.45, 2.75) is 207 Å². The van der Waals surface area contributed by atoms with E-state index < -0.39 is 6.10 Å². The minimum atomic E-state index is -0.954. The molecule has 250 valence electrons. The molecule has 0 spiro atoms.